The van der Waals surface area contributed by atoms with Gasteiger partial charge in [0, 0.05) is 5.41 Å². The molecule has 0 radical (unpaired) electrons. The molecule has 1 spiro atoms. The van der Waals surface area contributed by atoms with Gasteiger partial charge < -0.3 is 4.43 Å². The second-order valence-corrected chi connectivity index (χ2v) is 11.1. The van der Waals surface area contributed by atoms with E-state index >= 15 is 0 Å². The number of hydrogen-bond donors (Lipinski definition) is 0. The van der Waals surface area contributed by atoms with Crippen LogP contribution in [0.4, 0.5) is 0 Å². The zero-order valence-corrected chi connectivity index (χ0v) is 13.0. The van der Waals surface area contributed by atoms with Crippen LogP contribution < -0.4 is 0 Å². The molecule has 0 bridgehead atoms. The Kier molecular flexibility index (Phi) is 3.28. The Morgan fingerprint density at radius 1 is 1.24 bits per heavy atom. The van der Waals surface area contributed by atoms with E-state index < -0.39 is 8.32 Å². The summed E-state index contributed by atoms with van der Waals surface area (Å²) < 4.78 is 6.39. The Hall–Kier alpha value is -0.503. The zero-order chi connectivity index (χ0) is 12.7. The van der Waals surface area contributed by atoms with Gasteiger partial charge in [0.05, 0.1) is 5.76 Å². The minimum Gasteiger partial charge on any atom is -0.547 e. The predicted octanol–water partition coefficient (Wildman–Crippen LogP) is 4.88. The minimum atomic E-state index is -1.49. The van der Waals surface area contributed by atoms with Crippen molar-refractivity contribution in [3.05, 3.63) is 23.5 Å². The molecule has 0 aromatic heterocycles. The summed E-state index contributed by atoms with van der Waals surface area (Å²) in [4.78, 5) is 0. The summed E-state index contributed by atoms with van der Waals surface area (Å²) in [6.45, 7) is 11.6. The molecule has 96 valence electrons. The summed E-state index contributed by atoms with van der Waals surface area (Å²) in [6.07, 6.45) is 9.80. The van der Waals surface area contributed by atoms with Gasteiger partial charge in [0.2, 0.25) is 8.32 Å². The van der Waals surface area contributed by atoms with Crippen molar-refractivity contribution in [2.24, 2.45) is 11.3 Å². The molecule has 0 heterocycles. The SMILES string of the molecule is CC1=CCC[C@@H](C)[C@]12CCC=C2O[Si](C)(C)C. The summed E-state index contributed by atoms with van der Waals surface area (Å²) in [5, 5.41) is 0. The Bertz CT molecular complexity index is 362. The second kappa shape index (κ2) is 4.31. The molecule has 0 saturated carbocycles. The van der Waals surface area contributed by atoms with Crippen molar-refractivity contribution in [3.63, 3.8) is 0 Å². The maximum atomic E-state index is 6.39. The van der Waals surface area contributed by atoms with Gasteiger partial charge in [-0.25, -0.2) is 0 Å². The molecule has 2 heteroatoms. The third kappa shape index (κ3) is 2.24. The van der Waals surface area contributed by atoms with Crippen molar-refractivity contribution in [2.45, 2.75) is 59.2 Å². The van der Waals surface area contributed by atoms with Crippen LogP contribution in [-0.2, 0) is 4.43 Å². The smallest absolute Gasteiger partial charge is 0.241 e. The van der Waals surface area contributed by atoms with Crippen LogP contribution in [0.25, 0.3) is 0 Å². The van der Waals surface area contributed by atoms with Crippen LogP contribution >= 0.6 is 0 Å². The van der Waals surface area contributed by atoms with E-state index in [2.05, 4.69) is 45.6 Å². The topological polar surface area (TPSA) is 9.23 Å². The van der Waals surface area contributed by atoms with Crippen molar-refractivity contribution in [2.75, 3.05) is 0 Å². The molecule has 2 rings (SSSR count). The maximum Gasteiger partial charge on any atom is 0.241 e. The molecular weight excluding hydrogens is 224 g/mol. The lowest BCUT2D eigenvalue weighted by atomic mass is 9.65. The molecule has 0 fully saturated rings. The fourth-order valence-corrected chi connectivity index (χ4v) is 4.37. The lowest BCUT2D eigenvalue weighted by Crippen LogP contribution is -2.37. The van der Waals surface area contributed by atoms with E-state index in [-0.39, 0.29) is 5.41 Å². The first-order valence-electron chi connectivity index (χ1n) is 6.93. The molecular formula is C15H26OSi. The Labute approximate surface area is 107 Å². The van der Waals surface area contributed by atoms with Crippen LogP contribution in [0.3, 0.4) is 0 Å². The van der Waals surface area contributed by atoms with E-state index in [1.54, 1.807) is 5.57 Å². The largest absolute Gasteiger partial charge is 0.547 e. The molecule has 1 nitrogen and oxygen atoms in total. The zero-order valence-electron chi connectivity index (χ0n) is 12.0. The van der Waals surface area contributed by atoms with Gasteiger partial charge in [-0.15, -0.1) is 0 Å². The highest BCUT2D eigenvalue weighted by Gasteiger charge is 2.46. The average Bonchev–Trinajstić information content (AvgIpc) is 2.57. The fraction of sp³-hybridized carbons (Fsp3) is 0.733. The number of hydrogen-bond acceptors (Lipinski definition) is 1. The van der Waals surface area contributed by atoms with Crippen LogP contribution in [0, 0.1) is 11.3 Å². The highest BCUT2D eigenvalue weighted by Crippen LogP contribution is 2.55. The monoisotopic (exact) mass is 250 g/mol. The summed E-state index contributed by atoms with van der Waals surface area (Å²) in [7, 11) is -1.49. The molecule has 17 heavy (non-hydrogen) atoms. The highest BCUT2D eigenvalue weighted by atomic mass is 28.4. The molecule has 0 aliphatic heterocycles. The number of allylic oxidation sites excluding steroid dienone is 3. The molecule has 2 aliphatic carbocycles. The van der Waals surface area contributed by atoms with Gasteiger partial charge in [-0.2, -0.15) is 0 Å². The fourth-order valence-electron chi connectivity index (χ4n) is 3.45. The Balaban J connectivity index is 2.33. The van der Waals surface area contributed by atoms with E-state index in [0.29, 0.717) is 0 Å². The summed E-state index contributed by atoms with van der Waals surface area (Å²) >= 11 is 0. The minimum absolute atomic E-state index is 0.249. The van der Waals surface area contributed by atoms with Crippen LogP contribution in [0.1, 0.15) is 39.5 Å². The first-order chi connectivity index (χ1) is 7.86. The van der Waals surface area contributed by atoms with Gasteiger partial charge >= 0.3 is 0 Å². The van der Waals surface area contributed by atoms with Crippen molar-refractivity contribution in [1.29, 1.82) is 0 Å². The van der Waals surface area contributed by atoms with Gasteiger partial charge in [0.1, 0.15) is 0 Å². The highest BCUT2D eigenvalue weighted by molar-refractivity contribution is 6.70. The normalized spacial score (nSPS) is 33.6. The Morgan fingerprint density at radius 3 is 2.53 bits per heavy atom. The van der Waals surface area contributed by atoms with Crippen molar-refractivity contribution in [3.8, 4) is 0 Å². The lowest BCUT2D eigenvalue weighted by molar-refractivity contribution is 0.179. The predicted molar refractivity (Wildman–Crippen MR) is 76.3 cm³/mol. The van der Waals surface area contributed by atoms with E-state index in [1.807, 2.05) is 0 Å². The standard InChI is InChI=1S/C15H26OSi/c1-12-8-6-9-13(2)15(12)11-7-10-14(15)16-17(3,4)5/h8,10,13H,6-7,9,11H2,1-5H3/t13-,15+/m1/s1. The molecule has 2 aliphatic rings. The first-order valence-corrected chi connectivity index (χ1v) is 10.3. The molecule has 0 saturated heterocycles. The van der Waals surface area contributed by atoms with Gasteiger partial charge in [-0.3, -0.25) is 0 Å². The molecule has 0 aromatic rings. The summed E-state index contributed by atoms with van der Waals surface area (Å²) in [5.41, 5.74) is 1.80. The van der Waals surface area contributed by atoms with Gasteiger partial charge in [-0.1, -0.05) is 18.6 Å². The van der Waals surface area contributed by atoms with Crippen molar-refractivity contribution < 1.29 is 4.43 Å². The van der Waals surface area contributed by atoms with E-state index in [9.17, 15) is 0 Å². The van der Waals surface area contributed by atoms with Crippen LogP contribution in [0.15, 0.2) is 23.5 Å². The van der Waals surface area contributed by atoms with E-state index in [4.69, 9.17) is 4.43 Å². The van der Waals surface area contributed by atoms with Crippen LogP contribution in [0.2, 0.25) is 19.6 Å². The van der Waals surface area contributed by atoms with Crippen molar-refractivity contribution >= 4 is 8.32 Å². The van der Waals surface area contributed by atoms with Crippen molar-refractivity contribution in [1.82, 2.24) is 0 Å². The summed E-state index contributed by atoms with van der Waals surface area (Å²) in [5.74, 6) is 2.04. The Morgan fingerprint density at radius 2 is 1.94 bits per heavy atom. The van der Waals surface area contributed by atoms with Gasteiger partial charge in [0.25, 0.3) is 0 Å². The summed E-state index contributed by atoms with van der Waals surface area (Å²) in [6, 6.07) is 0. The number of rotatable bonds is 2. The molecule has 0 amide bonds. The molecule has 2 atom stereocenters. The van der Waals surface area contributed by atoms with Crippen LogP contribution in [-0.4, -0.2) is 8.32 Å². The van der Waals surface area contributed by atoms with E-state index in [1.165, 1.54) is 31.4 Å². The van der Waals surface area contributed by atoms with Gasteiger partial charge in [0.15, 0.2) is 0 Å². The third-order valence-corrected chi connectivity index (χ3v) is 5.15. The molecule has 0 unspecified atom stereocenters. The lowest BCUT2D eigenvalue weighted by Gasteiger charge is -2.43. The first kappa shape index (κ1) is 12.9. The third-order valence-electron chi connectivity index (χ3n) is 4.32. The average molecular weight is 250 g/mol. The quantitative estimate of drug-likeness (QED) is 0.501. The van der Waals surface area contributed by atoms with Crippen LogP contribution in [0.5, 0.6) is 0 Å². The van der Waals surface area contributed by atoms with Gasteiger partial charge in [-0.05, 0) is 64.2 Å². The molecule has 0 N–H and O–H groups in total. The maximum absolute atomic E-state index is 6.39. The molecule has 0 aromatic carbocycles. The van der Waals surface area contributed by atoms with E-state index in [0.717, 1.165) is 5.92 Å². The second-order valence-electron chi connectivity index (χ2n) is 6.66.